The predicted octanol–water partition coefficient (Wildman–Crippen LogP) is 1.71. The summed E-state index contributed by atoms with van der Waals surface area (Å²) in [5.41, 5.74) is 6.82. The highest BCUT2D eigenvalue weighted by molar-refractivity contribution is 5.97. The van der Waals surface area contributed by atoms with Crippen LogP contribution >= 0.6 is 0 Å². The van der Waals surface area contributed by atoms with Gasteiger partial charge in [-0.2, -0.15) is 0 Å². The Morgan fingerprint density at radius 2 is 1.97 bits per heavy atom. The van der Waals surface area contributed by atoms with Crippen molar-refractivity contribution < 1.29 is 23.9 Å². The lowest BCUT2D eigenvalue weighted by molar-refractivity contribution is -0.120. The number of aryl methyl sites for hydroxylation is 1. The number of nitrogens with two attached hydrogens (primary N) is 1. The van der Waals surface area contributed by atoms with E-state index in [4.69, 9.17) is 15.2 Å². The first-order valence-corrected chi connectivity index (χ1v) is 10.2. The Morgan fingerprint density at radius 1 is 1.12 bits per heavy atom. The first-order chi connectivity index (χ1) is 15.9. The second-order valence-electron chi connectivity index (χ2n) is 7.10. The van der Waals surface area contributed by atoms with Crippen LogP contribution in [0, 0.1) is 0 Å². The van der Waals surface area contributed by atoms with Crippen molar-refractivity contribution in [3.63, 3.8) is 0 Å². The molecule has 0 unspecified atom stereocenters. The van der Waals surface area contributed by atoms with Crippen molar-refractivity contribution in [3.05, 3.63) is 72.3 Å². The van der Waals surface area contributed by atoms with Crippen molar-refractivity contribution in [2.45, 2.75) is 19.5 Å². The van der Waals surface area contributed by atoms with E-state index in [9.17, 15) is 14.4 Å². The summed E-state index contributed by atoms with van der Waals surface area (Å²) in [6.07, 6.45) is 5.38. The highest BCUT2D eigenvalue weighted by Gasteiger charge is 2.11. The lowest BCUT2D eigenvalue weighted by Crippen LogP contribution is -2.23. The molecule has 10 nitrogen and oxygen atoms in total. The minimum Gasteiger partial charge on any atom is -0.493 e. The Morgan fingerprint density at radius 3 is 2.70 bits per heavy atom. The number of carbonyl (C=O) groups is 3. The number of hydrogen-bond donors (Lipinski definition) is 3. The number of anilines is 1. The third-order valence-corrected chi connectivity index (χ3v) is 4.62. The van der Waals surface area contributed by atoms with Crippen molar-refractivity contribution in [1.82, 2.24) is 14.9 Å². The van der Waals surface area contributed by atoms with E-state index in [0.717, 1.165) is 5.56 Å². The number of benzene rings is 2. The minimum atomic E-state index is -0.593. The molecule has 0 bridgehead atoms. The second-order valence-corrected chi connectivity index (χ2v) is 7.10. The molecule has 0 aliphatic carbocycles. The number of hydrogen-bond acceptors (Lipinski definition) is 6. The lowest BCUT2D eigenvalue weighted by atomic mass is 10.1. The number of carbonyl (C=O) groups excluding carboxylic acids is 3. The number of nitrogens with zero attached hydrogens (tertiary/aromatic N) is 2. The first kappa shape index (κ1) is 23.3. The largest absolute Gasteiger partial charge is 0.493 e. The number of ether oxygens (including phenoxy) is 2. The van der Waals surface area contributed by atoms with Crippen molar-refractivity contribution in [1.29, 1.82) is 0 Å². The van der Waals surface area contributed by atoms with Crippen LogP contribution in [-0.4, -0.2) is 41.0 Å². The molecule has 1 aromatic heterocycles. The molecule has 2 aromatic carbocycles. The second kappa shape index (κ2) is 11.3. The van der Waals surface area contributed by atoms with Gasteiger partial charge in [-0.25, -0.2) is 4.98 Å². The molecule has 3 amide bonds. The summed E-state index contributed by atoms with van der Waals surface area (Å²) in [4.78, 5) is 39.6. The number of aromatic nitrogens is 2. The van der Waals surface area contributed by atoms with Crippen molar-refractivity contribution >= 4 is 23.4 Å². The molecule has 0 atom stereocenters. The Hall–Kier alpha value is -4.34. The van der Waals surface area contributed by atoms with Gasteiger partial charge < -0.3 is 30.4 Å². The molecule has 172 valence electrons. The van der Waals surface area contributed by atoms with Crippen LogP contribution in [0.25, 0.3) is 0 Å². The Kier molecular flexibility index (Phi) is 8.01. The van der Waals surface area contributed by atoms with Gasteiger partial charge in [0.2, 0.25) is 5.91 Å². The number of nitrogens with one attached hydrogen (secondary N) is 2. The normalized spacial score (nSPS) is 10.3. The Balaban J connectivity index is 1.55. The molecule has 0 aliphatic heterocycles. The molecule has 3 aromatic rings. The van der Waals surface area contributed by atoms with Gasteiger partial charge in [0.15, 0.2) is 18.1 Å². The average Bonchev–Trinajstić information content (AvgIpc) is 3.34. The quantitative estimate of drug-likeness (QED) is 0.406. The van der Waals surface area contributed by atoms with E-state index in [1.54, 1.807) is 61.2 Å². The standard InChI is InChI=1S/C23H25N5O5/c1-32-20-11-16(5-6-19(20)33-14-21(24)29)13-26-23(31)17-3-2-4-18(12-17)27-22(30)7-9-28-10-8-25-15-28/h2-6,8,10-12,15H,7,9,13-14H2,1H3,(H2,24,29)(H,26,31)(H,27,30). The van der Waals surface area contributed by atoms with E-state index >= 15 is 0 Å². The number of methoxy groups -OCH3 is 1. The van der Waals surface area contributed by atoms with Crippen LogP contribution in [-0.2, 0) is 22.7 Å². The first-order valence-electron chi connectivity index (χ1n) is 10.2. The van der Waals surface area contributed by atoms with Gasteiger partial charge in [0.25, 0.3) is 11.8 Å². The topological polar surface area (TPSA) is 138 Å². The molecule has 0 saturated heterocycles. The highest BCUT2D eigenvalue weighted by atomic mass is 16.5. The smallest absolute Gasteiger partial charge is 0.255 e. The Labute approximate surface area is 190 Å². The van der Waals surface area contributed by atoms with Crippen LogP contribution in [0.15, 0.2) is 61.2 Å². The van der Waals surface area contributed by atoms with Crippen LogP contribution in [0.2, 0.25) is 0 Å². The zero-order valence-corrected chi connectivity index (χ0v) is 18.1. The number of primary amides is 1. The average molecular weight is 451 g/mol. The predicted molar refractivity (Wildman–Crippen MR) is 121 cm³/mol. The minimum absolute atomic E-state index is 0.160. The van der Waals surface area contributed by atoms with Gasteiger partial charge >= 0.3 is 0 Å². The molecule has 0 radical (unpaired) electrons. The fraction of sp³-hybridized carbons (Fsp3) is 0.217. The van der Waals surface area contributed by atoms with Crippen LogP contribution < -0.4 is 25.8 Å². The maximum absolute atomic E-state index is 12.6. The van der Waals surface area contributed by atoms with Gasteiger partial charge in [-0.15, -0.1) is 0 Å². The van der Waals surface area contributed by atoms with Gasteiger partial charge in [-0.3, -0.25) is 14.4 Å². The summed E-state index contributed by atoms with van der Waals surface area (Å²) in [7, 11) is 1.48. The molecule has 4 N–H and O–H groups in total. The summed E-state index contributed by atoms with van der Waals surface area (Å²) in [6, 6.07) is 11.8. The molecule has 33 heavy (non-hydrogen) atoms. The van der Waals surface area contributed by atoms with Gasteiger partial charge in [-0.1, -0.05) is 12.1 Å². The summed E-state index contributed by atoms with van der Waals surface area (Å²) in [6.45, 7) is 0.498. The molecule has 1 heterocycles. The summed E-state index contributed by atoms with van der Waals surface area (Å²) in [5.74, 6) is -0.249. The molecule has 10 heteroatoms. The maximum Gasteiger partial charge on any atom is 0.255 e. The molecular formula is C23H25N5O5. The van der Waals surface area contributed by atoms with E-state index in [0.29, 0.717) is 29.3 Å². The zero-order chi connectivity index (χ0) is 23.6. The summed E-state index contributed by atoms with van der Waals surface area (Å²) < 4.78 is 12.4. The van der Waals surface area contributed by atoms with Crippen LogP contribution in [0.1, 0.15) is 22.3 Å². The Bertz CT molecular complexity index is 1110. The van der Waals surface area contributed by atoms with Crippen LogP contribution in [0.4, 0.5) is 5.69 Å². The van der Waals surface area contributed by atoms with Gasteiger partial charge in [0.05, 0.1) is 13.4 Å². The number of amides is 3. The summed E-state index contributed by atoms with van der Waals surface area (Å²) >= 11 is 0. The van der Waals surface area contributed by atoms with Gasteiger partial charge in [-0.05, 0) is 35.9 Å². The van der Waals surface area contributed by atoms with E-state index in [2.05, 4.69) is 15.6 Å². The van der Waals surface area contributed by atoms with E-state index in [1.165, 1.54) is 7.11 Å². The molecular weight excluding hydrogens is 426 g/mol. The van der Waals surface area contributed by atoms with Gasteiger partial charge in [0, 0.05) is 43.2 Å². The van der Waals surface area contributed by atoms with Crippen molar-refractivity contribution in [2.75, 3.05) is 19.0 Å². The molecule has 3 rings (SSSR count). The molecule has 0 aliphatic rings. The van der Waals surface area contributed by atoms with Crippen LogP contribution in [0.3, 0.4) is 0 Å². The van der Waals surface area contributed by atoms with Crippen molar-refractivity contribution in [2.24, 2.45) is 5.73 Å². The maximum atomic E-state index is 12.6. The summed E-state index contributed by atoms with van der Waals surface area (Å²) in [5, 5.41) is 5.63. The van der Waals surface area contributed by atoms with Gasteiger partial charge in [0.1, 0.15) is 0 Å². The molecule has 0 saturated carbocycles. The van der Waals surface area contributed by atoms with Crippen LogP contribution in [0.5, 0.6) is 11.5 Å². The van der Waals surface area contributed by atoms with Crippen molar-refractivity contribution in [3.8, 4) is 11.5 Å². The fourth-order valence-electron chi connectivity index (χ4n) is 2.99. The third kappa shape index (κ3) is 7.10. The fourth-order valence-corrected chi connectivity index (χ4v) is 2.99. The monoisotopic (exact) mass is 451 g/mol. The zero-order valence-electron chi connectivity index (χ0n) is 18.1. The lowest BCUT2D eigenvalue weighted by Gasteiger charge is -2.12. The number of rotatable bonds is 11. The SMILES string of the molecule is COc1cc(CNC(=O)c2cccc(NC(=O)CCn3ccnc3)c2)ccc1OCC(N)=O. The molecule has 0 spiro atoms. The number of imidazole rings is 1. The molecule has 0 fully saturated rings. The van der Waals surface area contributed by atoms with E-state index in [1.807, 2.05) is 4.57 Å². The van der Waals surface area contributed by atoms with E-state index in [-0.39, 0.29) is 31.4 Å². The third-order valence-electron chi connectivity index (χ3n) is 4.62. The highest BCUT2D eigenvalue weighted by Crippen LogP contribution is 2.28. The van der Waals surface area contributed by atoms with E-state index < -0.39 is 5.91 Å².